The Kier molecular flexibility index (Phi) is 3.77. The fourth-order valence-electron chi connectivity index (χ4n) is 2.78. The maximum atomic E-state index is 8.72. The average Bonchev–Trinajstić information content (AvgIpc) is 3.00. The quantitative estimate of drug-likeness (QED) is 0.349. The predicted octanol–water partition coefficient (Wildman–Crippen LogP) is 2.88. The Morgan fingerprint density at radius 3 is 2.86 bits per heavy atom. The third-order valence-electron chi connectivity index (χ3n) is 3.93. The highest BCUT2D eigenvalue weighted by atomic mass is 16.4. The topological polar surface area (TPSA) is 70.6 Å². The summed E-state index contributed by atoms with van der Waals surface area (Å²) in [4.78, 5) is 0. The number of nitrogens with zero attached hydrogens (tertiary/aromatic N) is 1. The number of hydrogen-bond acceptors (Lipinski definition) is 3. The van der Waals surface area contributed by atoms with Crippen molar-refractivity contribution in [2.24, 2.45) is 10.9 Å². The van der Waals surface area contributed by atoms with Crippen molar-refractivity contribution < 1.29 is 5.21 Å². The molecule has 0 amide bonds. The second-order valence-corrected chi connectivity index (χ2v) is 5.38. The summed E-state index contributed by atoms with van der Waals surface area (Å²) in [6.45, 7) is 0.714. The summed E-state index contributed by atoms with van der Waals surface area (Å²) in [6.07, 6.45) is 3.65. The SMILES string of the molecule is NC(=NO)c1cccc(CNc2ccc3c(c2)CCC3)c1. The first-order chi connectivity index (χ1) is 10.3. The highest BCUT2D eigenvalue weighted by Crippen LogP contribution is 2.25. The number of hydrogen-bond donors (Lipinski definition) is 3. The summed E-state index contributed by atoms with van der Waals surface area (Å²) in [5, 5.41) is 15.2. The zero-order valence-corrected chi connectivity index (χ0v) is 11.8. The molecule has 2 aromatic rings. The molecule has 0 aromatic heterocycles. The van der Waals surface area contributed by atoms with E-state index in [9.17, 15) is 0 Å². The Labute approximate surface area is 124 Å². The highest BCUT2D eigenvalue weighted by Gasteiger charge is 2.10. The van der Waals surface area contributed by atoms with Gasteiger partial charge in [-0.25, -0.2) is 0 Å². The lowest BCUT2D eigenvalue weighted by atomic mass is 10.1. The standard InChI is InChI=1S/C17H19N3O/c18-17(20-21)15-6-1-3-12(9-15)11-19-16-8-7-13-4-2-5-14(13)10-16/h1,3,6-10,19,21H,2,4-5,11H2,(H2,18,20). The molecule has 0 atom stereocenters. The monoisotopic (exact) mass is 281 g/mol. The minimum Gasteiger partial charge on any atom is -0.409 e. The van der Waals surface area contributed by atoms with Gasteiger partial charge in [0.2, 0.25) is 0 Å². The van der Waals surface area contributed by atoms with Crippen LogP contribution >= 0.6 is 0 Å². The molecule has 1 aliphatic rings. The van der Waals surface area contributed by atoms with E-state index in [0.29, 0.717) is 6.54 Å². The van der Waals surface area contributed by atoms with Gasteiger partial charge in [0.05, 0.1) is 0 Å². The van der Waals surface area contributed by atoms with Crippen LogP contribution in [0.1, 0.15) is 28.7 Å². The minimum absolute atomic E-state index is 0.134. The van der Waals surface area contributed by atoms with Crippen molar-refractivity contribution >= 4 is 11.5 Å². The summed E-state index contributed by atoms with van der Waals surface area (Å²) in [6, 6.07) is 14.3. The molecule has 0 bridgehead atoms. The molecule has 0 aliphatic heterocycles. The third kappa shape index (κ3) is 2.99. The smallest absolute Gasteiger partial charge is 0.170 e. The molecular weight excluding hydrogens is 262 g/mol. The molecule has 1 aliphatic carbocycles. The van der Waals surface area contributed by atoms with E-state index < -0.39 is 0 Å². The zero-order chi connectivity index (χ0) is 14.7. The first kappa shape index (κ1) is 13.5. The Morgan fingerprint density at radius 2 is 2.00 bits per heavy atom. The van der Waals surface area contributed by atoms with Gasteiger partial charge in [0.1, 0.15) is 0 Å². The number of fused-ring (bicyclic) bond motifs is 1. The maximum Gasteiger partial charge on any atom is 0.170 e. The number of nitrogens with two attached hydrogens (primary N) is 1. The lowest BCUT2D eigenvalue weighted by Gasteiger charge is -2.09. The summed E-state index contributed by atoms with van der Waals surface area (Å²) in [7, 11) is 0. The Morgan fingerprint density at radius 1 is 1.14 bits per heavy atom. The van der Waals surface area contributed by atoms with Gasteiger partial charge in [-0.1, -0.05) is 29.4 Å². The largest absolute Gasteiger partial charge is 0.409 e. The molecule has 4 N–H and O–H groups in total. The summed E-state index contributed by atoms with van der Waals surface area (Å²) >= 11 is 0. The number of anilines is 1. The van der Waals surface area contributed by atoms with E-state index in [1.807, 2.05) is 24.3 Å². The molecular formula is C17H19N3O. The third-order valence-corrected chi connectivity index (χ3v) is 3.93. The fourth-order valence-corrected chi connectivity index (χ4v) is 2.78. The van der Waals surface area contributed by atoms with Crippen LogP contribution in [0.2, 0.25) is 0 Å². The van der Waals surface area contributed by atoms with Crippen LogP contribution in [0, 0.1) is 0 Å². The average molecular weight is 281 g/mol. The summed E-state index contributed by atoms with van der Waals surface area (Å²) in [5.74, 6) is 0.134. The van der Waals surface area contributed by atoms with Crippen molar-refractivity contribution in [2.75, 3.05) is 5.32 Å². The van der Waals surface area contributed by atoms with Crippen molar-refractivity contribution in [3.63, 3.8) is 0 Å². The molecule has 4 heteroatoms. The molecule has 0 unspecified atom stereocenters. The van der Waals surface area contributed by atoms with Gasteiger partial charge >= 0.3 is 0 Å². The van der Waals surface area contributed by atoms with Crippen molar-refractivity contribution in [1.82, 2.24) is 0 Å². The van der Waals surface area contributed by atoms with Gasteiger partial charge in [-0.2, -0.15) is 0 Å². The minimum atomic E-state index is 0.134. The van der Waals surface area contributed by atoms with Gasteiger partial charge in [-0.3, -0.25) is 0 Å². The second kappa shape index (κ2) is 5.87. The van der Waals surface area contributed by atoms with Crippen LogP contribution in [0.25, 0.3) is 0 Å². The summed E-state index contributed by atoms with van der Waals surface area (Å²) < 4.78 is 0. The molecule has 0 saturated heterocycles. The van der Waals surface area contributed by atoms with Gasteiger partial charge in [0, 0.05) is 17.8 Å². The van der Waals surface area contributed by atoms with E-state index >= 15 is 0 Å². The Balaban J connectivity index is 1.70. The Hall–Kier alpha value is -2.49. The fraction of sp³-hybridized carbons (Fsp3) is 0.235. The maximum absolute atomic E-state index is 8.72. The lowest BCUT2D eigenvalue weighted by Crippen LogP contribution is -2.13. The van der Waals surface area contributed by atoms with Crippen LogP contribution in [0.3, 0.4) is 0 Å². The summed E-state index contributed by atoms with van der Waals surface area (Å²) in [5.41, 5.74) is 11.5. The van der Waals surface area contributed by atoms with E-state index in [-0.39, 0.29) is 5.84 Å². The normalized spacial score (nSPS) is 14.0. The van der Waals surface area contributed by atoms with Crippen molar-refractivity contribution in [1.29, 1.82) is 0 Å². The molecule has 0 heterocycles. The molecule has 4 nitrogen and oxygen atoms in total. The number of nitrogens with one attached hydrogen (secondary N) is 1. The van der Waals surface area contributed by atoms with Crippen LogP contribution in [-0.2, 0) is 19.4 Å². The number of oxime groups is 1. The highest BCUT2D eigenvalue weighted by molar-refractivity contribution is 5.97. The van der Waals surface area contributed by atoms with Crippen LogP contribution in [0.5, 0.6) is 0 Å². The van der Waals surface area contributed by atoms with Crippen LogP contribution in [0.4, 0.5) is 5.69 Å². The first-order valence-corrected chi connectivity index (χ1v) is 7.19. The number of amidine groups is 1. The van der Waals surface area contributed by atoms with Crippen molar-refractivity contribution in [3.05, 3.63) is 64.7 Å². The van der Waals surface area contributed by atoms with Gasteiger partial charge in [0.25, 0.3) is 0 Å². The van der Waals surface area contributed by atoms with Crippen LogP contribution in [0.15, 0.2) is 47.6 Å². The first-order valence-electron chi connectivity index (χ1n) is 7.19. The van der Waals surface area contributed by atoms with Crippen LogP contribution < -0.4 is 11.1 Å². The molecule has 21 heavy (non-hydrogen) atoms. The van der Waals surface area contributed by atoms with E-state index in [2.05, 4.69) is 28.7 Å². The molecule has 2 aromatic carbocycles. The van der Waals surface area contributed by atoms with Gasteiger partial charge in [0.15, 0.2) is 5.84 Å². The molecule has 0 saturated carbocycles. The van der Waals surface area contributed by atoms with Gasteiger partial charge in [-0.05, 0) is 54.2 Å². The van der Waals surface area contributed by atoms with E-state index in [1.54, 1.807) is 0 Å². The molecule has 0 spiro atoms. The lowest BCUT2D eigenvalue weighted by molar-refractivity contribution is 0.318. The van der Waals surface area contributed by atoms with Gasteiger partial charge in [-0.15, -0.1) is 0 Å². The molecule has 108 valence electrons. The predicted molar refractivity (Wildman–Crippen MR) is 84.7 cm³/mol. The number of rotatable bonds is 4. The van der Waals surface area contributed by atoms with E-state index in [4.69, 9.17) is 10.9 Å². The molecule has 0 fully saturated rings. The van der Waals surface area contributed by atoms with Gasteiger partial charge < -0.3 is 16.3 Å². The van der Waals surface area contributed by atoms with Crippen molar-refractivity contribution in [3.8, 4) is 0 Å². The van der Waals surface area contributed by atoms with E-state index in [1.165, 1.54) is 30.4 Å². The van der Waals surface area contributed by atoms with Crippen molar-refractivity contribution in [2.45, 2.75) is 25.8 Å². The van der Waals surface area contributed by atoms with E-state index in [0.717, 1.165) is 16.8 Å². The zero-order valence-electron chi connectivity index (χ0n) is 11.8. The number of benzene rings is 2. The number of aryl methyl sites for hydroxylation is 2. The Bertz CT molecular complexity index is 679. The second-order valence-electron chi connectivity index (χ2n) is 5.38. The molecule has 0 radical (unpaired) electrons. The molecule has 3 rings (SSSR count). The van der Waals surface area contributed by atoms with Crippen LogP contribution in [-0.4, -0.2) is 11.0 Å².